The Balaban J connectivity index is 1.79. The zero-order valence-electron chi connectivity index (χ0n) is 11.0. The minimum atomic E-state index is -3.18. The van der Waals surface area contributed by atoms with Crippen LogP contribution in [-0.4, -0.2) is 26.0 Å². The summed E-state index contributed by atoms with van der Waals surface area (Å²) in [5.74, 6) is 1.18. The molecule has 1 aromatic carbocycles. The van der Waals surface area contributed by atoms with Gasteiger partial charge >= 0.3 is 0 Å². The third kappa shape index (κ3) is 4.71. The first-order valence-electron chi connectivity index (χ1n) is 6.45. The summed E-state index contributed by atoms with van der Waals surface area (Å²) in [6, 6.07) is 7.57. The van der Waals surface area contributed by atoms with E-state index in [1.54, 1.807) is 0 Å². The number of sulfonamides is 1. The highest BCUT2D eigenvalue weighted by molar-refractivity contribution is 8.00. The Morgan fingerprint density at radius 2 is 2.11 bits per heavy atom. The van der Waals surface area contributed by atoms with Crippen LogP contribution in [0.2, 0.25) is 0 Å². The van der Waals surface area contributed by atoms with Crippen molar-refractivity contribution in [2.45, 2.75) is 30.7 Å². The van der Waals surface area contributed by atoms with Crippen LogP contribution in [0.25, 0.3) is 0 Å². The van der Waals surface area contributed by atoms with Crippen molar-refractivity contribution in [3.63, 3.8) is 0 Å². The van der Waals surface area contributed by atoms with E-state index in [2.05, 4.69) is 4.72 Å². The molecule has 0 saturated heterocycles. The largest absolute Gasteiger partial charge is 0.398 e. The van der Waals surface area contributed by atoms with Gasteiger partial charge in [0.1, 0.15) is 0 Å². The summed E-state index contributed by atoms with van der Waals surface area (Å²) in [7, 11) is -3.18. The Bertz CT molecular complexity index is 527. The minimum Gasteiger partial charge on any atom is -0.398 e. The Kier molecular flexibility index (Phi) is 4.76. The molecule has 0 bridgehead atoms. The summed E-state index contributed by atoms with van der Waals surface area (Å²) in [4.78, 5) is 0.938. The van der Waals surface area contributed by atoms with Crippen LogP contribution in [0, 0.1) is 5.92 Å². The van der Waals surface area contributed by atoms with Gasteiger partial charge in [-0.1, -0.05) is 12.1 Å². The fourth-order valence-corrected chi connectivity index (χ4v) is 4.63. The molecule has 0 amide bonds. The third-order valence-corrected chi connectivity index (χ3v) is 6.05. The van der Waals surface area contributed by atoms with Crippen LogP contribution in [0.5, 0.6) is 0 Å². The van der Waals surface area contributed by atoms with Crippen molar-refractivity contribution in [3.8, 4) is 0 Å². The normalized spacial score (nSPS) is 17.3. The Hall–Kier alpha value is -0.720. The lowest BCUT2D eigenvalue weighted by atomic mass is 10.2. The molecule has 1 atom stereocenters. The molecule has 0 spiro atoms. The molecule has 1 saturated carbocycles. The topological polar surface area (TPSA) is 72.2 Å². The summed E-state index contributed by atoms with van der Waals surface area (Å²) in [5, 5.41) is 0. The van der Waals surface area contributed by atoms with Crippen molar-refractivity contribution in [1.82, 2.24) is 4.72 Å². The Morgan fingerprint density at radius 3 is 2.74 bits per heavy atom. The molecular weight excluding hydrogens is 280 g/mol. The maximum atomic E-state index is 11.9. The van der Waals surface area contributed by atoms with E-state index in [1.165, 1.54) is 11.8 Å². The molecule has 4 nitrogen and oxygen atoms in total. The molecule has 0 aliphatic heterocycles. The summed E-state index contributed by atoms with van der Waals surface area (Å²) in [6.07, 6.45) is 2.28. The average Bonchev–Trinajstić information content (AvgIpc) is 3.14. The molecule has 6 heteroatoms. The second kappa shape index (κ2) is 6.15. The summed E-state index contributed by atoms with van der Waals surface area (Å²) in [5.41, 5.74) is 6.51. The molecule has 0 aromatic heterocycles. The molecule has 1 aliphatic rings. The maximum absolute atomic E-state index is 11.9. The van der Waals surface area contributed by atoms with Crippen molar-refractivity contribution in [2.24, 2.45) is 5.92 Å². The number of thioether (sulfide) groups is 1. The van der Waals surface area contributed by atoms with Crippen molar-refractivity contribution < 1.29 is 8.42 Å². The first-order valence-corrected chi connectivity index (χ1v) is 9.09. The van der Waals surface area contributed by atoms with E-state index in [1.807, 2.05) is 31.2 Å². The molecule has 1 unspecified atom stereocenters. The van der Waals surface area contributed by atoms with Crippen LogP contribution in [-0.2, 0) is 10.0 Å². The van der Waals surface area contributed by atoms with Crippen molar-refractivity contribution in [2.75, 3.05) is 17.2 Å². The predicted molar refractivity (Wildman–Crippen MR) is 80.7 cm³/mol. The highest BCUT2D eigenvalue weighted by Crippen LogP contribution is 2.32. The lowest BCUT2D eigenvalue weighted by Crippen LogP contribution is -2.36. The minimum absolute atomic E-state index is 0.0665. The monoisotopic (exact) mass is 300 g/mol. The van der Waals surface area contributed by atoms with Gasteiger partial charge in [0.15, 0.2) is 0 Å². The first kappa shape index (κ1) is 14.7. The van der Waals surface area contributed by atoms with Gasteiger partial charge in [-0.15, -0.1) is 11.8 Å². The lowest BCUT2D eigenvalue weighted by molar-refractivity contribution is 0.539. The fraction of sp³-hybridized carbons (Fsp3) is 0.538. The van der Waals surface area contributed by atoms with Gasteiger partial charge < -0.3 is 5.73 Å². The second-order valence-corrected chi connectivity index (χ2v) is 7.96. The van der Waals surface area contributed by atoms with Crippen molar-refractivity contribution in [1.29, 1.82) is 0 Å². The number of para-hydroxylation sites is 1. The molecule has 1 aliphatic carbocycles. The van der Waals surface area contributed by atoms with E-state index < -0.39 is 10.0 Å². The van der Waals surface area contributed by atoms with Crippen LogP contribution in [0.15, 0.2) is 29.2 Å². The number of nitrogens with one attached hydrogen (secondary N) is 1. The molecule has 1 fully saturated rings. The van der Waals surface area contributed by atoms with E-state index in [9.17, 15) is 8.42 Å². The van der Waals surface area contributed by atoms with E-state index in [0.717, 1.165) is 17.7 Å². The van der Waals surface area contributed by atoms with Gasteiger partial charge in [0, 0.05) is 22.4 Å². The number of rotatable bonds is 7. The fourth-order valence-electron chi connectivity index (χ4n) is 1.91. The van der Waals surface area contributed by atoms with Crippen LogP contribution < -0.4 is 10.5 Å². The highest BCUT2D eigenvalue weighted by atomic mass is 32.2. The molecule has 106 valence electrons. The maximum Gasteiger partial charge on any atom is 0.212 e. The number of hydrogen-bond donors (Lipinski definition) is 2. The summed E-state index contributed by atoms with van der Waals surface area (Å²) >= 11 is 1.48. The molecule has 1 aromatic rings. The molecule has 19 heavy (non-hydrogen) atoms. The Labute approximate surface area is 119 Å². The number of nitrogens with two attached hydrogens (primary N) is 1. The highest BCUT2D eigenvalue weighted by Gasteiger charge is 2.30. The molecule has 3 N–H and O–H groups in total. The SMILES string of the molecule is CC(NS(=O)(=O)CCSc1ccccc1N)C1CC1. The zero-order chi connectivity index (χ0) is 13.9. The van der Waals surface area contributed by atoms with E-state index in [4.69, 9.17) is 5.73 Å². The van der Waals surface area contributed by atoms with Crippen LogP contribution in [0.1, 0.15) is 19.8 Å². The number of benzene rings is 1. The van der Waals surface area contributed by atoms with Crippen LogP contribution >= 0.6 is 11.8 Å². The predicted octanol–water partition coefficient (Wildman–Crippen LogP) is 2.08. The molecule has 2 rings (SSSR count). The van der Waals surface area contributed by atoms with E-state index >= 15 is 0 Å². The number of anilines is 1. The van der Waals surface area contributed by atoms with Crippen LogP contribution in [0.4, 0.5) is 5.69 Å². The standard InChI is InChI=1S/C13H20N2O2S2/c1-10(11-6-7-11)15-19(16,17)9-8-18-13-5-3-2-4-12(13)14/h2-5,10-11,15H,6-9,14H2,1H3. The van der Waals surface area contributed by atoms with Crippen molar-refractivity contribution in [3.05, 3.63) is 24.3 Å². The Morgan fingerprint density at radius 1 is 1.42 bits per heavy atom. The third-order valence-electron chi connectivity index (χ3n) is 3.22. The van der Waals surface area contributed by atoms with Gasteiger partial charge in [-0.25, -0.2) is 13.1 Å². The van der Waals surface area contributed by atoms with Gasteiger partial charge in [-0.3, -0.25) is 0 Å². The van der Waals surface area contributed by atoms with E-state index in [-0.39, 0.29) is 11.8 Å². The van der Waals surface area contributed by atoms with Crippen molar-refractivity contribution >= 4 is 27.5 Å². The quantitative estimate of drug-likeness (QED) is 0.597. The molecular formula is C13H20N2O2S2. The molecule has 0 heterocycles. The average molecular weight is 300 g/mol. The molecule has 0 radical (unpaired) electrons. The van der Waals surface area contributed by atoms with E-state index in [0.29, 0.717) is 17.4 Å². The number of hydrogen-bond acceptors (Lipinski definition) is 4. The van der Waals surface area contributed by atoms with Gasteiger partial charge in [0.25, 0.3) is 0 Å². The summed E-state index contributed by atoms with van der Waals surface area (Å²) in [6.45, 7) is 1.94. The number of nitrogen functional groups attached to an aromatic ring is 1. The second-order valence-electron chi connectivity index (χ2n) is 4.95. The first-order chi connectivity index (χ1) is 8.98. The van der Waals surface area contributed by atoms with Gasteiger partial charge in [0.05, 0.1) is 5.75 Å². The van der Waals surface area contributed by atoms with Gasteiger partial charge in [-0.05, 0) is 37.8 Å². The van der Waals surface area contributed by atoms with Gasteiger partial charge in [-0.2, -0.15) is 0 Å². The van der Waals surface area contributed by atoms with Gasteiger partial charge in [0.2, 0.25) is 10.0 Å². The zero-order valence-corrected chi connectivity index (χ0v) is 12.6. The van der Waals surface area contributed by atoms with Crippen LogP contribution in [0.3, 0.4) is 0 Å². The summed E-state index contributed by atoms with van der Waals surface area (Å²) < 4.78 is 26.5. The smallest absolute Gasteiger partial charge is 0.212 e. The lowest BCUT2D eigenvalue weighted by Gasteiger charge is -2.13.